The summed E-state index contributed by atoms with van der Waals surface area (Å²) in [5.74, 6) is 0.500. The van der Waals surface area contributed by atoms with Gasteiger partial charge in [0, 0.05) is 18.4 Å². The van der Waals surface area contributed by atoms with E-state index in [0.717, 1.165) is 16.9 Å². The topological polar surface area (TPSA) is 56.2 Å². The quantitative estimate of drug-likeness (QED) is 0.851. The standard InChI is InChI=1S/C13H13NO2/c14-13(15)7-6-12-11(8-9-16-12)10-4-2-1-3-5-10/h1-5,8-9H,6-7H2,(H2,14,15). The van der Waals surface area contributed by atoms with E-state index < -0.39 is 0 Å². The van der Waals surface area contributed by atoms with E-state index in [9.17, 15) is 4.79 Å². The number of rotatable bonds is 4. The molecule has 0 spiro atoms. The molecule has 0 aliphatic carbocycles. The molecule has 1 heterocycles. The van der Waals surface area contributed by atoms with Crippen molar-refractivity contribution in [1.82, 2.24) is 0 Å². The third-order valence-electron chi connectivity index (χ3n) is 2.43. The minimum absolute atomic E-state index is 0.310. The van der Waals surface area contributed by atoms with Crippen molar-refractivity contribution in [2.45, 2.75) is 12.8 Å². The first-order valence-corrected chi connectivity index (χ1v) is 5.17. The zero-order chi connectivity index (χ0) is 11.4. The van der Waals surface area contributed by atoms with E-state index in [4.69, 9.17) is 10.2 Å². The number of hydrogen-bond acceptors (Lipinski definition) is 2. The lowest BCUT2D eigenvalue weighted by Gasteiger charge is -2.01. The first kappa shape index (κ1) is 10.5. The molecule has 3 heteroatoms. The molecule has 2 aromatic rings. The van der Waals surface area contributed by atoms with Gasteiger partial charge < -0.3 is 10.2 Å². The average Bonchev–Trinajstić information content (AvgIpc) is 2.75. The monoisotopic (exact) mass is 215 g/mol. The Morgan fingerprint density at radius 3 is 2.62 bits per heavy atom. The maximum atomic E-state index is 10.7. The lowest BCUT2D eigenvalue weighted by molar-refractivity contribution is -0.118. The molecule has 0 atom stereocenters. The summed E-state index contributed by atoms with van der Waals surface area (Å²) in [6.07, 6.45) is 2.50. The predicted octanol–water partition coefficient (Wildman–Crippen LogP) is 2.36. The smallest absolute Gasteiger partial charge is 0.217 e. The highest BCUT2D eigenvalue weighted by Gasteiger charge is 2.09. The highest BCUT2D eigenvalue weighted by molar-refractivity contribution is 5.74. The highest BCUT2D eigenvalue weighted by Crippen LogP contribution is 2.25. The summed E-state index contributed by atoms with van der Waals surface area (Å²) < 4.78 is 5.36. The van der Waals surface area contributed by atoms with E-state index >= 15 is 0 Å². The second-order valence-electron chi connectivity index (χ2n) is 3.59. The molecule has 0 unspecified atom stereocenters. The lowest BCUT2D eigenvalue weighted by atomic mass is 10.0. The Morgan fingerprint density at radius 2 is 1.94 bits per heavy atom. The molecule has 0 bridgehead atoms. The summed E-state index contributed by atoms with van der Waals surface area (Å²) in [6, 6.07) is 11.8. The van der Waals surface area contributed by atoms with E-state index in [1.54, 1.807) is 6.26 Å². The van der Waals surface area contributed by atoms with Crippen LogP contribution in [0.4, 0.5) is 0 Å². The number of furan rings is 1. The van der Waals surface area contributed by atoms with Gasteiger partial charge in [0.05, 0.1) is 6.26 Å². The number of amides is 1. The summed E-state index contributed by atoms with van der Waals surface area (Å²) in [6.45, 7) is 0. The van der Waals surface area contributed by atoms with Crippen molar-refractivity contribution >= 4 is 5.91 Å². The van der Waals surface area contributed by atoms with Crippen molar-refractivity contribution in [1.29, 1.82) is 0 Å². The molecule has 2 rings (SSSR count). The van der Waals surface area contributed by atoms with Crippen molar-refractivity contribution in [2.75, 3.05) is 0 Å². The Bertz CT molecular complexity index is 474. The number of carbonyl (C=O) groups is 1. The molecule has 1 aromatic heterocycles. The fraction of sp³-hybridized carbons (Fsp3) is 0.154. The van der Waals surface area contributed by atoms with Gasteiger partial charge in [-0.05, 0) is 11.6 Å². The number of nitrogens with two attached hydrogens (primary N) is 1. The largest absolute Gasteiger partial charge is 0.469 e. The molecule has 0 saturated heterocycles. The van der Waals surface area contributed by atoms with Crippen molar-refractivity contribution in [2.24, 2.45) is 5.73 Å². The SMILES string of the molecule is NC(=O)CCc1occc1-c1ccccc1. The van der Waals surface area contributed by atoms with E-state index in [0.29, 0.717) is 12.8 Å². The second-order valence-corrected chi connectivity index (χ2v) is 3.59. The van der Waals surface area contributed by atoms with Gasteiger partial charge in [-0.25, -0.2) is 0 Å². The summed E-state index contributed by atoms with van der Waals surface area (Å²) in [5.41, 5.74) is 7.24. The van der Waals surface area contributed by atoms with Crippen LogP contribution in [-0.4, -0.2) is 5.91 Å². The van der Waals surface area contributed by atoms with Crippen molar-refractivity contribution in [3.63, 3.8) is 0 Å². The van der Waals surface area contributed by atoms with Crippen LogP contribution in [0.15, 0.2) is 47.1 Å². The van der Waals surface area contributed by atoms with Gasteiger partial charge in [-0.2, -0.15) is 0 Å². The molecule has 0 aliphatic rings. The molecule has 1 amide bonds. The molecule has 3 nitrogen and oxygen atoms in total. The van der Waals surface area contributed by atoms with Crippen molar-refractivity contribution in [3.05, 3.63) is 48.4 Å². The molecule has 0 fully saturated rings. The molecule has 0 aliphatic heterocycles. The molecule has 16 heavy (non-hydrogen) atoms. The van der Waals surface area contributed by atoms with Gasteiger partial charge in [0.25, 0.3) is 0 Å². The molecular formula is C13H13NO2. The third-order valence-corrected chi connectivity index (χ3v) is 2.43. The second kappa shape index (κ2) is 4.66. The van der Waals surface area contributed by atoms with Gasteiger partial charge >= 0.3 is 0 Å². The average molecular weight is 215 g/mol. The van der Waals surface area contributed by atoms with Crippen LogP contribution >= 0.6 is 0 Å². The molecule has 0 radical (unpaired) electrons. The molecule has 1 aromatic carbocycles. The summed E-state index contributed by atoms with van der Waals surface area (Å²) in [4.78, 5) is 10.7. The zero-order valence-corrected chi connectivity index (χ0v) is 8.85. The summed E-state index contributed by atoms with van der Waals surface area (Å²) in [5, 5.41) is 0. The predicted molar refractivity (Wildman–Crippen MR) is 61.7 cm³/mol. The Labute approximate surface area is 93.9 Å². The number of carbonyl (C=O) groups excluding carboxylic acids is 1. The van der Waals surface area contributed by atoms with Crippen LogP contribution in [0.5, 0.6) is 0 Å². The first-order chi connectivity index (χ1) is 7.77. The Kier molecular flexibility index (Phi) is 3.05. The van der Waals surface area contributed by atoms with E-state index in [1.165, 1.54) is 0 Å². The normalized spacial score (nSPS) is 10.2. The Morgan fingerprint density at radius 1 is 1.19 bits per heavy atom. The van der Waals surface area contributed by atoms with Crippen LogP contribution in [0.1, 0.15) is 12.2 Å². The fourth-order valence-corrected chi connectivity index (χ4v) is 1.65. The van der Waals surface area contributed by atoms with E-state index in [-0.39, 0.29) is 5.91 Å². The maximum absolute atomic E-state index is 10.7. The zero-order valence-electron chi connectivity index (χ0n) is 8.85. The van der Waals surface area contributed by atoms with Gasteiger partial charge in [-0.3, -0.25) is 4.79 Å². The van der Waals surface area contributed by atoms with Gasteiger partial charge in [-0.15, -0.1) is 0 Å². The van der Waals surface area contributed by atoms with Crippen molar-refractivity contribution in [3.8, 4) is 11.1 Å². The number of aryl methyl sites for hydroxylation is 1. The number of hydrogen-bond donors (Lipinski definition) is 1. The Hall–Kier alpha value is -2.03. The Balaban J connectivity index is 2.23. The maximum Gasteiger partial charge on any atom is 0.217 e. The van der Waals surface area contributed by atoms with Crippen LogP contribution in [-0.2, 0) is 11.2 Å². The third kappa shape index (κ3) is 2.31. The van der Waals surface area contributed by atoms with Crippen LogP contribution < -0.4 is 5.73 Å². The van der Waals surface area contributed by atoms with Crippen LogP contribution in [0.3, 0.4) is 0 Å². The van der Waals surface area contributed by atoms with E-state index in [2.05, 4.69) is 0 Å². The highest BCUT2D eigenvalue weighted by atomic mass is 16.3. The van der Waals surface area contributed by atoms with Crippen LogP contribution in [0, 0.1) is 0 Å². The lowest BCUT2D eigenvalue weighted by Crippen LogP contribution is -2.11. The molecule has 0 saturated carbocycles. The fourth-order valence-electron chi connectivity index (χ4n) is 1.65. The van der Waals surface area contributed by atoms with Gasteiger partial charge in [-0.1, -0.05) is 30.3 Å². The van der Waals surface area contributed by atoms with Crippen LogP contribution in [0.2, 0.25) is 0 Å². The van der Waals surface area contributed by atoms with Gasteiger partial charge in [0.2, 0.25) is 5.91 Å². The molecular weight excluding hydrogens is 202 g/mol. The molecule has 2 N–H and O–H groups in total. The minimum atomic E-state index is -0.310. The van der Waals surface area contributed by atoms with Crippen molar-refractivity contribution < 1.29 is 9.21 Å². The van der Waals surface area contributed by atoms with Gasteiger partial charge in [0.1, 0.15) is 5.76 Å². The summed E-state index contributed by atoms with van der Waals surface area (Å²) >= 11 is 0. The summed E-state index contributed by atoms with van der Waals surface area (Å²) in [7, 11) is 0. The van der Waals surface area contributed by atoms with E-state index in [1.807, 2.05) is 36.4 Å². The minimum Gasteiger partial charge on any atom is -0.469 e. The number of primary amides is 1. The van der Waals surface area contributed by atoms with Gasteiger partial charge in [0.15, 0.2) is 0 Å². The number of benzene rings is 1. The molecule has 82 valence electrons. The van der Waals surface area contributed by atoms with Crippen LogP contribution in [0.25, 0.3) is 11.1 Å². The first-order valence-electron chi connectivity index (χ1n) is 5.17.